The summed E-state index contributed by atoms with van der Waals surface area (Å²) in [6.45, 7) is 2.23. The monoisotopic (exact) mass is 532 g/mol. The van der Waals surface area contributed by atoms with Crippen LogP contribution in [-0.2, 0) is 11.2 Å². The molecule has 2 aromatic carbocycles. The molecule has 4 aromatic rings. The van der Waals surface area contributed by atoms with E-state index < -0.39 is 17.7 Å². The topological polar surface area (TPSA) is 104 Å². The summed E-state index contributed by atoms with van der Waals surface area (Å²) in [6, 6.07) is 15.5. The van der Waals surface area contributed by atoms with Gasteiger partial charge in [-0.3, -0.25) is 9.59 Å². The predicted molar refractivity (Wildman–Crippen MR) is 141 cm³/mol. The van der Waals surface area contributed by atoms with Crippen LogP contribution in [0, 0.1) is 5.82 Å². The van der Waals surface area contributed by atoms with Crippen molar-refractivity contribution in [2.75, 3.05) is 23.4 Å². The smallest absolute Gasteiger partial charge is 0.354 e. The Morgan fingerprint density at radius 3 is 2.66 bits per heavy atom. The molecule has 0 saturated heterocycles. The summed E-state index contributed by atoms with van der Waals surface area (Å²) in [6.07, 6.45) is 1.93. The molecule has 1 aliphatic heterocycles. The van der Waals surface area contributed by atoms with Gasteiger partial charge in [-0.2, -0.15) is 0 Å². The molecule has 0 aliphatic carbocycles. The number of nitrogens with one attached hydrogen (secondary N) is 2. The number of hydrogen-bond donors (Lipinski definition) is 2. The standard InChI is InChI=1S/C28H22ClFN4O4/c1-2-38-28(37)22-14-17-11-13-34(23-15-18(30)7-10-20(23)24(17)33-22)27(36)16-5-8-19(9-6-16)32-26(35)21-4-3-12-31-25(21)29/h3-10,12,14-15,33H,2,11,13H2,1H3,(H,32,35). The van der Waals surface area contributed by atoms with E-state index in [1.54, 1.807) is 55.5 Å². The van der Waals surface area contributed by atoms with Gasteiger partial charge in [-0.1, -0.05) is 11.6 Å². The number of pyridine rings is 1. The van der Waals surface area contributed by atoms with Crippen molar-refractivity contribution in [3.05, 3.63) is 100 Å². The molecule has 1 aliphatic rings. The number of aromatic nitrogens is 2. The van der Waals surface area contributed by atoms with Crippen LogP contribution in [-0.4, -0.2) is 40.9 Å². The van der Waals surface area contributed by atoms with Gasteiger partial charge in [-0.05, 0) is 79.6 Å². The maximum atomic E-state index is 14.3. The average molecular weight is 533 g/mol. The Hall–Kier alpha value is -4.50. The van der Waals surface area contributed by atoms with Crippen molar-refractivity contribution in [3.63, 3.8) is 0 Å². The largest absolute Gasteiger partial charge is 0.461 e. The first kappa shape index (κ1) is 25.2. The fraction of sp³-hybridized carbons (Fsp3) is 0.143. The first-order valence-electron chi connectivity index (χ1n) is 11.9. The highest BCUT2D eigenvalue weighted by molar-refractivity contribution is 6.33. The second-order valence-corrected chi connectivity index (χ2v) is 8.90. The molecule has 2 amide bonds. The number of nitrogens with zero attached hydrogens (tertiary/aromatic N) is 2. The highest BCUT2D eigenvalue weighted by Gasteiger charge is 2.28. The van der Waals surface area contributed by atoms with Crippen LogP contribution in [0.25, 0.3) is 11.3 Å². The lowest BCUT2D eigenvalue weighted by atomic mass is 10.1. The van der Waals surface area contributed by atoms with Crippen molar-refractivity contribution >= 4 is 40.8 Å². The molecule has 0 radical (unpaired) electrons. The number of benzene rings is 2. The molecule has 0 bridgehead atoms. The van der Waals surface area contributed by atoms with E-state index in [0.29, 0.717) is 40.3 Å². The van der Waals surface area contributed by atoms with Crippen LogP contribution in [0.5, 0.6) is 0 Å². The van der Waals surface area contributed by atoms with Gasteiger partial charge < -0.3 is 19.9 Å². The number of carbonyl (C=O) groups is 3. The molecule has 5 rings (SSSR count). The van der Waals surface area contributed by atoms with Gasteiger partial charge in [0.1, 0.15) is 16.7 Å². The molecule has 8 nitrogen and oxygen atoms in total. The number of halogens is 2. The zero-order valence-corrected chi connectivity index (χ0v) is 21.0. The minimum absolute atomic E-state index is 0.0862. The van der Waals surface area contributed by atoms with Gasteiger partial charge in [0.15, 0.2) is 0 Å². The third kappa shape index (κ3) is 4.88. The fourth-order valence-electron chi connectivity index (χ4n) is 4.36. The number of esters is 1. The number of amides is 2. The molecule has 0 saturated carbocycles. The van der Waals surface area contributed by atoms with Crippen LogP contribution in [0.1, 0.15) is 43.7 Å². The predicted octanol–water partition coefficient (Wildman–Crippen LogP) is 5.50. The average Bonchev–Trinajstić information content (AvgIpc) is 3.27. The molecule has 0 spiro atoms. The normalized spacial score (nSPS) is 12.2. The minimum Gasteiger partial charge on any atom is -0.461 e. The summed E-state index contributed by atoms with van der Waals surface area (Å²) in [5.74, 6) is -1.73. The number of aromatic amines is 1. The van der Waals surface area contributed by atoms with E-state index in [1.165, 1.54) is 23.2 Å². The molecule has 0 unspecified atom stereocenters. The quantitative estimate of drug-likeness (QED) is 0.261. The molecule has 2 aromatic heterocycles. The molecule has 10 heteroatoms. The van der Waals surface area contributed by atoms with Crippen LogP contribution in [0.3, 0.4) is 0 Å². The Labute approximate surface area is 222 Å². The Morgan fingerprint density at radius 2 is 1.92 bits per heavy atom. The number of ether oxygens (including phenoxy) is 1. The van der Waals surface area contributed by atoms with Crippen molar-refractivity contribution < 1.29 is 23.5 Å². The maximum Gasteiger partial charge on any atom is 0.354 e. The van der Waals surface area contributed by atoms with E-state index in [9.17, 15) is 18.8 Å². The van der Waals surface area contributed by atoms with Gasteiger partial charge >= 0.3 is 5.97 Å². The van der Waals surface area contributed by atoms with E-state index in [-0.39, 0.29) is 29.8 Å². The van der Waals surface area contributed by atoms with E-state index in [2.05, 4.69) is 15.3 Å². The highest BCUT2D eigenvalue weighted by atomic mass is 35.5. The Kier molecular flexibility index (Phi) is 6.93. The second kappa shape index (κ2) is 10.5. The van der Waals surface area contributed by atoms with Crippen molar-refractivity contribution in [1.29, 1.82) is 0 Å². The number of fused-ring (bicyclic) bond motifs is 3. The van der Waals surface area contributed by atoms with Crippen molar-refractivity contribution in [1.82, 2.24) is 9.97 Å². The summed E-state index contributed by atoms with van der Waals surface area (Å²) in [7, 11) is 0. The van der Waals surface area contributed by atoms with E-state index in [4.69, 9.17) is 16.3 Å². The summed E-state index contributed by atoms with van der Waals surface area (Å²) in [5.41, 5.74) is 3.80. The van der Waals surface area contributed by atoms with E-state index in [1.807, 2.05) is 0 Å². The Morgan fingerprint density at radius 1 is 1.13 bits per heavy atom. The fourth-order valence-corrected chi connectivity index (χ4v) is 4.57. The second-order valence-electron chi connectivity index (χ2n) is 8.55. The van der Waals surface area contributed by atoms with Crippen LogP contribution >= 0.6 is 11.6 Å². The van der Waals surface area contributed by atoms with Crippen molar-refractivity contribution in [2.24, 2.45) is 0 Å². The SMILES string of the molecule is CCOC(=O)c1cc2c([nH]1)-c1ccc(F)cc1N(C(=O)c1ccc(NC(=O)c3cccnc3Cl)cc1)CC2. The molecular formula is C28H22ClFN4O4. The van der Waals surface area contributed by atoms with Gasteiger partial charge in [0, 0.05) is 29.6 Å². The summed E-state index contributed by atoms with van der Waals surface area (Å²) < 4.78 is 19.4. The first-order chi connectivity index (χ1) is 18.4. The number of hydrogen-bond acceptors (Lipinski definition) is 5. The van der Waals surface area contributed by atoms with E-state index >= 15 is 0 Å². The number of H-pyrrole nitrogens is 1. The zero-order chi connectivity index (χ0) is 26.8. The summed E-state index contributed by atoms with van der Waals surface area (Å²) >= 11 is 5.99. The van der Waals surface area contributed by atoms with Gasteiger partial charge in [-0.15, -0.1) is 0 Å². The summed E-state index contributed by atoms with van der Waals surface area (Å²) in [5, 5.41) is 2.82. The van der Waals surface area contributed by atoms with Gasteiger partial charge in [-0.25, -0.2) is 14.2 Å². The molecule has 0 atom stereocenters. The number of carbonyl (C=O) groups excluding carboxylic acids is 3. The highest BCUT2D eigenvalue weighted by Crippen LogP contribution is 2.37. The lowest BCUT2D eigenvalue weighted by Crippen LogP contribution is -2.32. The lowest BCUT2D eigenvalue weighted by Gasteiger charge is -2.23. The maximum absolute atomic E-state index is 14.3. The number of rotatable bonds is 5. The van der Waals surface area contributed by atoms with Gasteiger partial charge in [0.25, 0.3) is 11.8 Å². The third-order valence-corrected chi connectivity index (χ3v) is 6.46. The minimum atomic E-state index is -0.491. The Bertz CT molecular complexity index is 1550. The lowest BCUT2D eigenvalue weighted by molar-refractivity contribution is 0.0520. The zero-order valence-electron chi connectivity index (χ0n) is 20.3. The molecule has 192 valence electrons. The van der Waals surface area contributed by atoms with Crippen molar-refractivity contribution in [2.45, 2.75) is 13.3 Å². The molecule has 38 heavy (non-hydrogen) atoms. The number of anilines is 2. The first-order valence-corrected chi connectivity index (χ1v) is 12.3. The Balaban J connectivity index is 1.41. The molecular weight excluding hydrogens is 511 g/mol. The van der Waals surface area contributed by atoms with Crippen molar-refractivity contribution in [3.8, 4) is 11.3 Å². The van der Waals surface area contributed by atoms with Crippen LogP contribution < -0.4 is 10.2 Å². The van der Waals surface area contributed by atoms with Gasteiger partial charge in [0.05, 0.1) is 23.6 Å². The molecule has 2 N–H and O–H groups in total. The summed E-state index contributed by atoms with van der Waals surface area (Å²) in [4.78, 5) is 46.8. The van der Waals surface area contributed by atoms with E-state index in [0.717, 1.165) is 5.56 Å². The molecule has 0 fully saturated rings. The van der Waals surface area contributed by atoms with Crippen LogP contribution in [0.2, 0.25) is 5.15 Å². The molecule has 3 heterocycles. The van der Waals surface area contributed by atoms with Crippen LogP contribution in [0.15, 0.2) is 66.9 Å². The van der Waals surface area contributed by atoms with Gasteiger partial charge in [0.2, 0.25) is 0 Å². The van der Waals surface area contributed by atoms with Crippen LogP contribution in [0.4, 0.5) is 15.8 Å². The third-order valence-electron chi connectivity index (χ3n) is 6.16.